The van der Waals surface area contributed by atoms with Crippen molar-refractivity contribution in [2.45, 2.75) is 43.2 Å². The maximum atomic E-state index is 12.3. The Morgan fingerprint density at radius 2 is 2.13 bits per heavy atom. The first-order chi connectivity index (χ1) is 14.4. The molecule has 30 heavy (non-hydrogen) atoms. The van der Waals surface area contributed by atoms with Gasteiger partial charge >= 0.3 is 0 Å². The summed E-state index contributed by atoms with van der Waals surface area (Å²) < 4.78 is 18.2. The number of ether oxygens (including phenoxy) is 1. The summed E-state index contributed by atoms with van der Waals surface area (Å²) in [4.78, 5) is 10.4. The Kier molecular flexibility index (Phi) is 6.44. The van der Waals surface area contributed by atoms with Gasteiger partial charge in [0.1, 0.15) is 30.6 Å². The smallest absolute Gasteiger partial charge is 0.255 e. The monoisotopic (exact) mass is 462 g/mol. The van der Waals surface area contributed by atoms with Gasteiger partial charge < -0.3 is 30.2 Å². The highest BCUT2D eigenvalue weighted by Crippen LogP contribution is 2.38. The van der Waals surface area contributed by atoms with Gasteiger partial charge in [0.2, 0.25) is 0 Å². The van der Waals surface area contributed by atoms with Crippen molar-refractivity contribution >= 4 is 35.4 Å². The molecule has 9 nitrogen and oxygen atoms in total. The topological polar surface area (TPSA) is 119 Å². The van der Waals surface area contributed by atoms with Crippen LogP contribution < -0.4 is 5.32 Å². The second-order valence-electron chi connectivity index (χ2n) is 7.28. The van der Waals surface area contributed by atoms with Gasteiger partial charge in [-0.15, -0.1) is 0 Å². The van der Waals surface area contributed by atoms with Gasteiger partial charge in [0.05, 0.1) is 28.5 Å². The van der Waals surface area contributed by atoms with E-state index in [1.54, 1.807) is 6.07 Å². The lowest BCUT2D eigenvalue weighted by Gasteiger charge is -2.35. The van der Waals surface area contributed by atoms with E-state index in [4.69, 9.17) is 27.9 Å². The number of alkyl halides is 1. The van der Waals surface area contributed by atoms with Gasteiger partial charge in [-0.05, 0) is 24.1 Å². The van der Waals surface area contributed by atoms with Crippen LogP contribution in [0.2, 0.25) is 10.0 Å². The molecule has 4 N–H and O–H groups in total. The normalized spacial score (nSPS) is 36.0. The van der Waals surface area contributed by atoms with E-state index in [9.17, 15) is 19.7 Å². The Bertz CT molecular complexity index is 847. The van der Waals surface area contributed by atoms with Crippen molar-refractivity contribution in [3.05, 3.63) is 33.8 Å². The Labute approximate surface area is 181 Å². The Morgan fingerprint density at radius 3 is 2.87 bits per heavy atom. The molecular formula is C18H21Cl2FN4O5. The molecule has 1 aromatic carbocycles. The van der Waals surface area contributed by atoms with Gasteiger partial charge in [-0.25, -0.2) is 9.38 Å². The molecule has 0 radical (unpaired) electrons. The summed E-state index contributed by atoms with van der Waals surface area (Å²) in [5.74, 6) is 0.118. The molecule has 2 saturated heterocycles. The average Bonchev–Trinajstić information content (AvgIpc) is 3.30. The van der Waals surface area contributed by atoms with Crippen LogP contribution in [0.5, 0.6) is 0 Å². The predicted octanol–water partition coefficient (Wildman–Crippen LogP) is 1.01. The molecule has 0 bridgehead atoms. The molecule has 3 aliphatic heterocycles. The number of hydrogen-bond donors (Lipinski definition) is 4. The van der Waals surface area contributed by atoms with Crippen molar-refractivity contribution in [3.63, 3.8) is 0 Å². The van der Waals surface area contributed by atoms with Crippen molar-refractivity contribution in [1.82, 2.24) is 10.2 Å². The highest BCUT2D eigenvalue weighted by molar-refractivity contribution is 6.42. The number of aliphatic hydroxyl groups is 3. The van der Waals surface area contributed by atoms with E-state index >= 15 is 0 Å². The maximum absolute atomic E-state index is 12.3. The second kappa shape index (κ2) is 8.91. The van der Waals surface area contributed by atoms with E-state index in [0.29, 0.717) is 29.4 Å². The number of nitrogens with one attached hydrogen (secondary N) is 1. The van der Waals surface area contributed by atoms with Gasteiger partial charge in [-0.2, -0.15) is 0 Å². The molecule has 7 atom stereocenters. The summed E-state index contributed by atoms with van der Waals surface area (Å²) >= 11 is 11.9. The molecule has 1 aromatic rings. The molecule has 2 unspecified atom stereocenters. The van der Waals surface area contributed by atoms with Crippen molar-refractivity contribution < 1.29 is 29.3 Å². The van der Waals surface area contributed by atoms with Gasteiger partial charge in [0.25, 0.3) is 6.86 Å². The number of aliphatic imine (C=N–C) groups is 1. The van der Waals surface area contributed by atoms with Crippen LogP contribution in [0.1, 0.15) is 18.1 Å². The molecule has 12 heteroatoms. The number of likely N-dealkylation sites (tertiary alicyclic amines) is 1. The van der Waals surface area contributed by atoms with Crippen molar-refractivity contribution in [2.24, 2.45) is 16.1 Å². The fourth-order valence-electron chi connectivity index (χ4n) is 4.15. The fraction of sp³-hybridized carbons (Fsp3) is 0.556. The number of oxime groups is 1. The minimum absolute atomic E-state index is 0.214. The molecule has 3 heterocycles. The third-order valence-corrected chi connectivity index (χ3v) is 6.35. The van der Waals surface area contributed by atoms with E-state index in [1.807, 2.05) is 4.90 Å². The van der Waals surface area contributed by atoms with Crippen LogP contribution in [0.4, 0.5) is 4.39 Å². The van der Waals surface area contributed by atoms with Crippen LogP contribution in [0.15, 0.2) is 28.3 Å². The Balaban J connectivity index is 1.51. The first kappa shape index (κ1) is 21.7. The van der Waals surface area contributed by atoms with Crippen molar-refractivity contribution in [2.75, 3.05) is 13.4 Å². The maximum Gasteiger partial charge on any atom is 0.255 e. The summed E-state index contributed by atoms with van der Waals surface area (Å²) in [5.41, 5.74) is 0.404. The van der Waals surface area contributed by atoms with Crippen LogP contribution in [0.25, 0.3) is 0 Å². The quantitative estimate of drug-likeness (QED) is 0.482. The molecule has 0 aliphatic carbocycles. The standard InChI is InChI=1S/C18H21Cl2FN4O5/c19-10-2-1-8(5-11(10)20)12(26)15-13(27)14(28)18(30-15)25-4-3-9-16(24-29-6-21)22-7-23-17(9)25/h1-2,5,7,9,12-15,17-18,26-28H,3-4,6H2,(H,22,23,24)/t9?,12-,13+,14-,15-,17?,18-/m1/s1. The molecule has 0 amide bonds. The Hall–Kier alpha value is -1.53. The van der Waals surface area contributed by atoms with E-state index in [2.05, 4.69) is 20.3 Å². The molecule has 0 spiro atoms. The highest BCUT2D eigenvalue weighted by Gasteiger charge is 2.53. The minimum atomic E-state index is -1.33. The highest BCUT2D eigenvalue weighted by atomic mass is 35.5. The number of benzene rings is 1. The minimum Gasteiger partial charge on any atom is -0.387 e. The molecule has 2 fully saturated rings. The summed E-state index contributed by atoms with van der Waals surface area (Å²) in [7, 11) is 0. The number of hydrogen-bond acceptors (Lipinski definition) is 8. The lowest BCUT2D eigenvalue weighted by Crippen LogP contribution is -2.55. The zero-order valence-electron chi connectivity index (χ0n) is 15.6. The number of aliphatic hydroxyl groups excluding tert-OH is 3. The summed E-state index contributed by atoms with van der Waals surface area (Å²) in [6.07, 6.45) is -4.14. The molecule has 164 valence electrons. The van der Waals surface area contributed by atoms with Crippen LogP contribution in [0.3, 0.4) is 0 Å². The molecular weight excluding hydrogens is 442 g/mol. The van der Waals surface area contributed by atoms with E-state index in [1.165, 1.54) is 18.5 Å². The number of amidine groups is 1. The second-order valence-corrected chi connectivity index (χ2v) is 8.10. The lowest BCUT2D eigenvalue weighted by atomic mass is 9.99. The lowest BCUT2D eigenvalue weighted by molar-refractivity contribution is -0.122. The first-order valence-electron chi connectivity index (χ1n) is 9.37. The number of nitrogens with zero attached hydrogens (tertiary/aromatic N) is 3. The predicted molar refractivity (Wildman–Crippen MR) is 107 cm³/mol. The molecule has 0 saturated carbocycles. The number of fused-ring (bicyclic) bond motifs is 1. The third-order valence-electron chi connectivity index (χ3n) is 5.62. The van der Waals surface area contributed by atoms with Crippen LogP contribution in [-0.2, 0) is 9.57 Å². The largest absolute Gasteiger partial charge is 0.387 e. The third kappa shape index (κ3) is 3.89. The number of rotatable bonds is 5. The first-order valence-corrected chi connectivity index (χ1v) is 10.1. The molecule has 4 rings (SSSR count). The van der Waals surface area contributed by atoms with E-state index in [-0.39, 0.29) is 17.1 Å². The van der Waals surface area contributed by atoms with Crippen LogP contribution in [-0.4, -0.2) is 76.5 Å². The summed E-state index contributed by atoms with van der Waals surface area (Å²) in [6, 6.07) is 4.60. The molecule has 3 aliphatic rings. The van der Waals surface area contributed by atoms with Crippen molar-refractivity contribution in [1.29, 1.82) is 0 Å². The SMILES string of the molecule is O[C@@H]1[C@H](O)[C@@H]([C@H](O)c2ccc(Cl)c(Cl)c2)O[C@H]1N1CCC2/C(=N\OCF)N=CNC21. The van der Waals surface area contributed by atoms with Crippen LogP contribution >= 0.6 is 23.2 Å². The fourth-order valence-corrected chi connectivity index (χ4v) is 4.45. The van der Waals surface area contributed by atoms with E-state index in [0.717, 1.165) is 0 Å². The molecule has 0 aromatic heterocycles. The summed E-state index contributed by atoms with van der Waals surface area (Å²) in [6.45, 7) is -0.567. The zero-order chi connectivity index (χ0) is 21.4. The van der Waals surface area contributed by atoms with Gasteiger partial charge in [0.15, 0.2) is 5.84 Å². The van der Waals surface area contributed by atoms with Gasteiger partial charge in [-0.1, -0.05) is 34.4 Å². The van der Waals surface area contributed by atoms with E-state index < -0.39 is 37.5 Å². The number of halogens is 3. The zero-order valence-corrected chi connectivity index (χ0v) is 17.1. The average molecular weight is 463 g/mol. The van der Waals surface area contributed by atoms with Crippen molar-refractivity contribution in [3.8, 4) is 0 Å². The van der Waals surface area contributed by atoms with Gasteiger partial charge in [0, 0.05) is 6.54 Å². The Morgan fingerprint density at radius 1 is 1.33 bits per heavy atom. The van der Waals surface area contributed by atoms with Crippen LogP contribution in [0, 0.1) is 5.92 Å². The summed E-state index contributed by atoms with van der Waals surface area (Å²) in [5, 5.41) is 39.3. The van der Waals surface area contributed by atoms with Gasteiger partial charge in [-0.3, -0.25) is 4.90 Å².